The van der Waals surface area contributed by atoms with E-state index in [4.69, 9.17) is 4.42 Å². The summed E-state index contributed by atoms with van der Waals surface area (Å²) in [5.74, 6) is 1.19. The van der Waals surface area contributed by atoms with Crippen LogP contribution in [0.2, 0.25) is 0 Å². The van der Waals surface area contributed by atoms with E-state index < -0.39 is 0 Å². The first-order chi connectivity index (χ1) is 12.7. The second kappa shape index (κ2) is 7.28. The minimum absolute atomic E-state index is 0.00585. The minimum atomic E-state index is -0.00585. The van der Waals surface area contributed by atoms with Crippen LogP contribution < -0.4 is 0 Å². The number of likely N-dealkylation sites (tertiary alicyclic amines) is 1. The second-order valence-electron chi connectivity index (χ2n) is 7.08. The van der Waals surface area contributed by atoms with Crippen molar-refractivity contribution in [2.75, 3.05) is 13.1 Å². The Hall–Kier alpha value is -2.69. The highest BCUT2D eigenvalue weighted by Gasteiger charge is 2.24. The van der Waals surface area contributed by atoms with Crippen molar-refractivity contribution in [3.8, 4) is 0 Å². The lowest BCUT2D eigenvalue weighted by Gasteiger charge is -2.19. The van der Waals surface area contributed by atoms with Crippen LogP contribution in [0.3, 0.4) is 0 Å². The van der Waals surface area contributed by atoms with Gasteiger partial charge >= 0.3 is 0 Å². The van der Waals surface area contributed by atoms with Crippen LogP contribution in [0.1, 0.15) is 41.1 Å². The zero-order valence-electron chi connectivity index (χ0n) is 15.0. The van der Waals surface area contributed by atoms with Gasteiger partial charge in [0.25, 0.3) is 5.91 Å². The average molecular weight is 349 g/mol. The number of pyridine rings is 1. The van der Waals surface area contributed by atoms with Crippen LogP contribution in [0.15, 0.2) is 47.3 Å². The molecule has 0 N–H and O–H groups in total. The van der Waals surface area contributed by atoms with Crippen LogP contribution in [-0.2, 0) is 6.42 Å². The molecule has 0 unspecified atom stereocenters. The number of rotatable bonds is 3. The monoisotopic (exact) mass is 349 g/mol. The van der Waals surface area contributed by atoms with Gasteiger partial charge in [-0.3, -0.25) is 9.78 Å². The molecule has 3 aromatic rings. The molecule has 5 heteroatoms. The summed E-state index contributed by atoms with van der Waals surface area (Å²) in [6, 6.07) is 10.6. The number of aromatic nitrogens is 2. The molecular formula is C21H23N3O2. The number of carbonyl (C=O) groups is 1. The van der Waals surface area contributed by atoms with Crippen molar-refractivity contribution in [3.63, 3.8) is 0 Å². The molecule has 26 heavy (non-hydrogen) atoms. The van der Waals surface area contributed by atoms with Crippen LogP contribution in [0.4, 0.5) is 0 Å². The van der Waals surface area contributed by atoms with E-state index in [2.05, 4.69) is 34.2 Å². The van der Waals surface area contributed by atoms with Gasteiger partial charge in [0.2, 0.25) is 0 Å². The molecule has 1 saturated heterocycles. The van der Waals surface area contributed by atoms with E-state index in [-0.39, 0.29) is 5.91 Å². The fraction of sp³-hybridized carbons (Fsp3) is 0.381. The van der Waals surface area contributed by atoms with Crippen molar-refractivity contribution < 1.29 is 9.21 Å². The topological polar surface area (TPSA) is 59.2 Å². The van der Waals surface area contributed by atoms with E-state index in [9.17, 15) is 4.79 Å². The van der Waals surface area contributed by atoms with Crippen molar-refractivity contribution in [3.05, 3.63) is 59.9 Å². The number of hydrogen-bond acceptors (Lipinski definition) is 4. The number of oxazole rings is 1. The average Bonchev–Trinajstić information content (AvgIpc) is 2.95. The Morgan fingerprint density at radius 1 is 1.23 bits per heavy atom. The maximum atomic E-state index is 12.6. The lowest BCUT2D eigenvalue weighted by Crippen LogP contribution is -2.32. The van der Waals surface area contributed by atoms with Gasteiger partial charge in [0, 0.05) is 24.7 Å². The highest BCUT2D eigenvalue weighted by Crippen LogP contribution is 2.24. The summed E-state index contributed by atoms with van der Waals surface area (Å²) in [5, 5.41) is 1.19. The number of carbonyl (C=O) groups excluding carboxylic acids is 1. The number of fused-ring (bicyclic) bond motifs is 1. The number of aryl methyl sites for hydroxylation is 1. The zero-order valence-corrected chi connectivity index (χ0v) is 15.0. The normalized spacial score (nSPS) is 18.0. The number of nitrogens with zero attached hydrogens (tertiary/aromatic N) is 3. The van der Waals surface area contributed by atoms with Gasteiger partial charge in [0.15, 0.2) is 12.1 Å². The summed E-state index contributed by atoms with van der Waals surface area (Å²) in [6.45, 7) is 3.36. The molecule has 5 nitrogen and oxygen atoms in total. The van der Waals surface area contributed by atoms with Crippen molar-refractivity contribution in [2.24, 2.45) is 5.92 Å². The molecule has 0 saturated carbocycles. The van der Waals surface area contributed by atoms with Gasteiger partial charge in [-0.2, -0.15) is 0 Å². The minimum Gasteiger partial charge on any atom is -0.448 e. The predicted molar refractivity (Wildman–Crippen MR) is 99.9 cm³/mol. The summed E-state index contributed by atoms with van der Waals surface area (Å²) in [5.41, 5.74) is 2.84. The maximum absolute atomic E-state index is 12.6. The summed E-state index contributed by atoms with van der Waals surface area (Å²) in [6.07, 6.45) is 7.42. The predicted octanol–water partition coefficient (Wildman–Crippen LogP) is 4.02. The summed E-state index contributed by atoms with van der Waals surface area (Å²) >= 11 is 0. The van der Waals surface area contributed by atoms with Gasteiger partial charge < -0.3 is 9.32 Å². The molecule has 2 aromatic heterocycles. The summed E-state index contributed by atoms with van der Waals surface area (Å²) < 4.78 is 5.18. The van der Waals surface area contributed by atoms with E-state index in [0.717, 1.165) is 44.3 Å². The number of amides is 1. The third kappa shape index (κ3) is 3.47. The molecule has 4 rings (SSSR count). The van der Waals surface area contributed by atoms with Crippen LogP contribution >= 0.6 is 0 Å². The molecule has 1 aromatic carbocycles. The Balaban J connectivity index is 1.41. The molecule has 1 aliphatic rings. The number of hydrogen-bond donors (Lipinski definition) is 0. The molecule has 3 heterocycles. The molecule has 1 fully saturated rings. The molecule has 1 atom stereocenters. The van der Waals surface area contributed by atoms with Crippen LogP contribution in [-0.4, -0.2) is 33.9 Å². The molecule has 0 spiro atoms. The first-order valence-corrected chi connectivity index (χ1v) is 9.24. The lowest BCUT2D eigenvalue weighted by atomic mass is 9.92. The first kappa shape index (κ1) is 16.8. The van der Waals surface area contributed by atoms with Crippen LogP contribution in [0.25, 0.3) is 10.9 Å². The zero-order chi connectivity index (χ0) is 17.9. The molecule has 0 bridgehead atoms. The van der Waals surface area contributed by atoms with Crippen LogP contribution in [0.5, 0.6) is 0 Å². The molecule has 1 amide bonds. The quantitative estimate of drug-likeness (QED) is 0.717. The molecule has 1 aliphatic heterocycles. The highest BCUT2D eigenvalue weighted by molar-refractivity contribution is 5.93. The van der Waals surface area contributed by atoms with Gasteiger partial charge in [-0.25, -0.2) is 4.98 Å². The fourth-order valence-electron chi connectivity index (χ4n) is 3.82. The maximum Gasteiger partial charge on any atom is 0.276 e. The smallest absolute Gasteiger partial charge is 0.276 e. The summed E-state index contributed by atoms with van der Waals surface area (Å²) in [4.78, 5) is 23.0. The van der Waals surface area contributed by atoms with Crippen molar-refractivity contribution in [1.29, 1.82) is 0 Å². The molecule has 0 aliphatic carbocycles. The van der Waals surface area contributed by atoms with Crippen molar-refractivity contribution in [1.82, 2.24) is 14.9 Å². The Morgan fingerprint density at radius 3 is 3.00 bits per heavy atom. The third-order valence-corrected chi connectivity index (χ3v) is 5.27. The third-order valence-electron chi connectivity index (χ3n) is 5.27. The van der Waals surface area contributed by atoms with E-state index in [1.165, 1.54) is 17.3 Å². The second-order valence-corrected chi connectivity index (χ2v) is 7.08. The highest BCUT2D eigenvalue weighted by atomic mass is 16.3. The Kier molecular flexibility index (Phi) is 4.69. The Morgan fingerprint density at radius 2 is 2.15 bits per heavy atom. The Bertz CT molecular complexity index is 918. The van der Waals surface area contributed by atoms with Crippen LogP contribution in [0, 0.1) is 12.8 Å². The van der Waals surface area contributed by atoms with E-state index in [1.807, 2.05) is 17.2 Å². The van der Waals surface area contributed by atoms with E-state index in [0.29, 0.717) is 17.4 Å². The fourth-order valence-corrected chi connectivity index (χ4v) is 3.82. The molecule has 134 valence electrons. The SMILES string of the molecule is Cc1ocnc1C(=O)N1CCC[C@@H](Cc2ccc3ncccc3c2)CC1. The van der Waals surface area contributed by atoms with Gasteiger partial charge in [0.1, 0.15) is 5.76 Å². The van der Waals surface area contributed by atoms with Gasteiger partial charge in [-0.05, 0) is 62.3 Å². The molecular weight excluding hydrogens is 326 g/mol. The Labute approximate surface area is 153 Å². The van der Waals surface area contributed by atoms with E-state index in [1.54, 1.807) is 6.92 Å². The summed E-state index contributed by atoms with van der Waals surface area (Å²) in [7, 11) is 0. The number of benzene rings is 1. The lowest BCUT2D eigenvalue weighted by molar-refractivity contribution is 0.0753. The standard InChI is InChI=1S/C21H23N3O2/c1-15-20(23-14-26-15)21(25)24-10-3-4-16(8-11-24)12-17-6-7-19-18(13-17)5-2-9-22-19/h2,5-7,9,13-14,16H,3-4,8,10-12H2,1H3/t16-/m1/s1. The largest absolute Gasteiger partial charge is 0.448 e. The van der Waals surface area contributed by atoms with Gasteiger partial charge in [-0.1, -0.05) is 12.1 Å². The first-order valence-electron chi connectivity index (χ1n) is 9.24. The van der Waals surface area contributed by atoms with Gasteiger partial charge in [0.05, 0.1) is 5.52 Å². The van der Waals surface area contributed by atoms with E-state index >= 15 is 0 Å². The van der Waals surface area contributed by atoms with Crippen molar-refractivity contribution in [2.45, 2.75) is 32.6 Å². The van der Waals surface area contributed by atoms with Gasteiger partial charge in [-0.15, -0.1) is 0 Å². The van der Waals surface area contributed by atoms with Crippen molar-refractivity contribution >= 4 is 16.8 Å². The molecule has 0 radical (unpaired) electrons.